The molecule has 2 aliphatic heterocycles. The van der Waals surface area contributed by atoms with Crippen LogP contribution in [0.15, 0.2) is 30.3 Å². The third kappa shape index (κ3) is 3.90. The molecule has 156 valence electrons. The average molecular weight is 407 g/mol. The van der Waals surface area contributed by atoms with Crippen molar-refractivity contribution < 1.29 is 14.4 Å². The third-order valence-electron chi connectivity index (χ3n) is 5.64. The number of carbonyl (C=O) groups is 3. The summed E-state index contributed by atoms with van der Waals surface area (Å²) in [5, 5.41) is 2.56. The summed E-state index contributed by atoms with van der Waals surface area (Å²) in [6, 6.07) is 9.57. The first-order valence-electron chi connectivity index (χ1n) is 10.2. The van der Waals surface area contributed by atoms with E-state index in [0.29, 0.717) is 31.2 Å². The highest BCUT2D eigenvalue weighted by Gasteiger charge is 2.36. The Bertz CT molecular complexity index is 992. The summed E-state index contributed by atoms with van der Waals surface area (Å²) in [6.07, 6.45) is 1.91. The molecule has 0 saturated carbocycles. The normalized spacial score (nSPS) is 17.9. The van der Waals surface area contributed by atoms with Crippen molar-refractivity contribution in [3.8, 4) is 0 Å². The second-order valence-corrected chi connectivity index (χ2v) is 7.77. The van der Waals surface area contributed by atoms with Gasteiger partial charge in [0.25, 0.3) is 0 Å². The fourth-order valence-electron chi connectivity index (χ4n) is 4.11. The molecule has 3 amide bonds. The van der Waals surface area contributed by atoms with E-state index in [1.54, 1.807) is 9.80 Å². The maximum Gasteiger partial charge on any atom is 0.242 e. The number of nitrogens with zero attached hydrogens (tertiary/aromatic N) is 4. The van der Waals surface area contributed by atoms with Gasteiger partial charge in [-0.05, 0) is 25.3 Å². The van der Waals surface area contributed by atoms with Crippen LogP contribution in [0.2, 0.25) is 0 Å². The third-order valence-corrected chi connectivity index (χ3v) is 5.64. The Balaban J connectivity index is 1.62. The molecule has 2 aromatic rings. The molecular weight excluding hydrogens is 382 g/mol. The molecule has 1 atom stereocenters. The number of aromatic nitrogens is 2. The maximum atomic E-state index is 12.7. The Morgan fingerprint density at radius 3 is 2.70 bits per heavy atom. The number of hydrogen-bond donors (Lipinski definition) is 1. The van der Waals surface area contributed by atoms with E-state index in [4.69, 9.17) is 4.98 Å². The van der Waals surface area contributed by atoms with Crippen molar-refractivity contribution in [2.45, 2.75) is 45.7 Å². The number of benzene rings is 1. The molecule has 1 fully saturated rings. The van der Waals surface area contributed by atoms with Crippen LogP contribution < -0.4 is 10.2 Å². The van der Waals surface area contributed by atoms with Gasteiger partial charge >= 0.3 is 0 Å². The molecule has 4 rings (SSSR count). The van der Waals surface area contributed by atoms with Crippen molar-refractivity contribution in [3.05, 3.63) is 53.0 Å². The summed E-state index contributed by atoms with van der Waals surface area (Å²) in [7, 11) is 0. The summed E-state index contributed by atoms with van der Waals surface area (Å²) in [5.41, 5.74) is 2.67. The lowest BCUT2D eigenvalue weighted by atomic mass is 10.1. The maximum absolute atomic E-state index is 12.7. The molecular formula is C22H25N5O3. The highest BCUT2D eigenvalue weighted by molar-refractivity contribution is 6.00. The Kier molecular flexibility index (Phi) is 5.48. The fourth-order valence-corrected chi connectivity index (χ4v) is 4.11. The molecule has 2 aliphatic rings. The van der Waals surface area contributed by atoms with E-state index in [1.165, 1.54) is 6.92 Å². The van der Waals surface area contributed by atoms with Gasteiger partial charge in [0.1, 0.15) is 5.82 Å². The summed E-state index contributed by atoms with van der Waals surface area (Å²) >= 11 is 0. The predicted molar refractivity (Wildman–Crippen MR) is 110 cm³/mol. The van der Waals surface area contributed by atoms with Gasteiger partial charge in [0.15, 0.2) is 5.82 Å². The number of anilines is 1. The second kappa shape index (κ2) is 8.22. The van der Waals surface area contributed by atoms with E-state index in [1.807, 2.05) is 37.3 Å². The van der Waals surface area contributed by atoms with Crippen LogP contribution in [-0.2, 0) is 27.3 Å². The summed E-state index contributed by atoms with van der Waals surface area (Å²) in [4.78, 5) is 49.3. The first-order valence-corrected chi connectivity index (χ1v) is 10.2. The number of fused-ring (bicyclic) bond motifs is 1. The predicted octanol–water partition coefficient (Wildman–Crippen LogP) is 1.67. The van der Waals surface area contributed by atoms with Crippen LogP contribution in [0, 0.1) is 6.92 Å². The fraction of sp³-hybridized carbons (Fsp3) is 0.409. The molecule has 8 nitrogen and oxygen atoms in total. The Labute approximate surface area is 175 Å². The van der Waals surface area contributed by atoms with Crippen LogP contribution in [0.25, 0.3) is 0 Å². The molecule has 1 aromatic carbocycles. The first kappa shape index (κ1) is 20.0. The van der Waals surface area contributed by atoms with E-state index in [-0.39, 0.29) is 30.3 Å². The van der Waals surface area contributed by atoms with Crippen LogP contribution in [0.3, 0.4) is 0 Å². The van der Waals surface area contributed by atoms with Crippen LogP contribution in [0.1, 0.15) is 48.5 Å². The van der Waals surface area contributed by atoms with Gasteiger partial charge in [-0.15, -0.1) is 0 Å². The molecule has 30 heavy (non-hydrogen) atoms. The standard InChI is InChI=1S/C22H25N5O3/c1-14-17-11-19(29)27(13-16-7-4-3-5-8-16)22(17)25-21(24-14)18-9-6-10-26(18)20(30)12-23-15(2)28/h3-5,7-8,18H,6,9-13H2,1-2H3,(H,23,28). The van der Waals surface area contributed by atoms with Crippen molar-refractivity contribution in [1.29, 1.82) is 0 Å². The largest absolute Gasteiger partial charge is 0.347 e. The van der Waals surface area contributed by atoms with Crippen molar-refractivity contribution >= 4 is 23.5 Å². The summed E-state index contributed by atoms with van der Waals surface area (Å²) in [6.45, 7) is 4.31. The van der Waals surface area contributed by atoms with Gasteiger partial charge in [-0.3, -0.25) is 19.3 Å². The van der Waals surface area contributed by atoms with E-state index in [9.17, 15) is 14.4 Å². The number of aryl methyl sites for hydroxylation is 1. The summed E-state index contributed by atoms with van der Waals surface area (Å²) in [5.74, 6) is 0.832. The number of hydrogen-bond acceptors (Lipinski definition) is 5. The minimum Gasteiger partial charge on any atom is -0.347 e. The highest BCUT2D eigenvalue weighted by atomic mass is 16.2. The molecule has 0 radical (unpaired) electrons. The average Bonchev–Trinajstić information content (AvgIpc) is 3.33. The van der Waals surface area contributed by atoms with E-state index in [0.717, 1.165) is 29.7 Å². The zero-order valence-corrected chi connectivity index (χ0v) is 17.2. The first-order chi connectivity index (χ1) is 14.4. The number of carbonyl (C=O) groups excluding carboxylic acids is 3. The van der Waals surface area contributed by atoms with E-state index in [2.05, 4.69) is 10.3 Å². The lowest BCUT2D eigenvalue weighted by Crippen LogP contribution is -2.39. The molecule has 3 heterocycles. The number of rotatable bonds is 5. The Hall–Kier alpha value is -3.29. The number of amides is 3. The molecule has 1 saturated heterocycles. The number of likely N-dealkylation sites (tertiary alicyclic amines) is 1. The van der Waals surface area contributed by atoms with Gasteiger partial charge in [0.2, 0.25) is 17.7 Å². The quantitative estimate of drug-likeness (QED) is 0.814. The highest BCUT2D eigenvalue weighted by Crippen LogP contribution is 2.35. The van der Waals surface area contributed by atoms with E-state index < -0.39 is 0 Å². The van der Waals surface area contributed by atoms with Crippen LogP contribution in [-0.4, -0.2) is 45.7 Å². The zero-order chi connectivity index (χ0) is 21.3. The van der Waals surface area contributed by atoms with Crippen molar-refractivity contribution in [2.24, 2.45) is 0 Å². The van der Waals surface area contributed by atoms with Gasteiger partial charge < -0.3 is 10.2 Å². The monoisotopic (exact) mass is 407 g/mol. The van der Waals surface area contributed by atoms with Crippen LogP contribution in [0.5, 0.6) is 0 Å². The van der Waals surface area contributed by atoms with Crippen molar-refractivity contribution in [3.63, 3.8) is 0 Å². The lowest BCUT2D eigenvalue weighted by molar-refractivity contribution is -0.133. The topological polar surface area (TPSA) is 95.5 Å². The SMILES string of the molecule is CC(=O)NCC(=O)N1CCCC1c1nc(C)c2c(n1)N(Cc1ccccc1)C(=O)C2. The van der Waals surface area contributed by atoms with Crippen molar-refractivity contribution in [2.75, 3.05) is 18.0 Å². The zero-order valence-electron chi connectivity index (χ0n) is 17.2. The molecule has 0 aliphatic carbocycles. The minimum absolute atomic E-state index is 0.00779. The molecule has 0 bridgehead atoms. The van der Waals surface area contributed by atoms with E-state index >= 15 is 0 Å². The smallest absolute Gasteiger partial charge is 0.242 e. The molecule has 1 N–H and O–H groups in total. The molecule has 1 aromatic heterocycles. The van der Waals surface area contributed by atoms with Gasteiger partial charge in [-0.25, -0.2) is 9.97 Å². The lowest BCUT2D eigenvalue weighted by Gasteiger charge is -2.25. The van der Waals surface area contributed by atoms with Gasteiger partial charge in [-0.2, -0.15) is 0 Å². The Morgan fingerprint density at radius 2 is 1.97 bits per heavy atom. The summed E-state index contributed by atoms with van der Waals surface area (Å²) < 4.78 is 0. The number of nitrogens with one attached hydrogen (secondary N) is 1. The van der Waals surface area contributed by atoms with Gasteiger partial charge in [-0.1, -0.05) is 30.3 Å². The molecule has 8 heteroatoms. The van der Waals surface area contributed by atoms with Gasteiger partial charge in [0.05, 0.1) is 25.6 Å². The van der Waals surface area contributed by atoms with Crippen molar-refractivity contribution in [1.82, 2.24) is 20.2 Å². The van der Waals surface area contributed by atoms with Gasteiger partial charge in [0, 0.05) is 24.7 Å². The van der Waals surface area contributed by atoms with Crippen LogP contribution in [0.4, 0.5) is 5.82 Å². The molecule has 1 unspecified atom stereocenters. The second-order valence-electron chi connectivity index (χ2n) is 7.77. The molecule has 0 spiro atoms. The Morgan fingerprint density at radius 1 is 1.20 bits per heavy atom. The van der Waals surface area contributed by atoms with Crippen LogP contribution >= 0.6 is 0 Å². The minimum atomic E-state index is -0.246.